The second-order valence-electron chi connectivity index (χ2n) is 2.59. The fourth-order valence-corrected chi connectivity index (χ4v) is 1.79. The van der Waals surface area contributed by atoms with Crippen molar-refractivity contribution in [3.63, 3.8) is 0 Å². The average molecular weight is 360 g/mol. The molecule has 4 nitrogen and oxygen atoms in total. The lowest BCUT2D eigenvalue weighted by Crippen LogP contribution is -1.95. The summed E-state index contributed by atoms with van der Waals surface area (Å²) in [5.74, 6) is 0. The van der Waals surface area contributed by atoms with Crippen LogP contribution in [0.3, 0.4) is 0 Å². The van der Waals surface area contributed by atoms with Crippen molar-refractivity contribution in [1.29, 1.82) is 0 Å². The molecule has 0 fully saturated rings. The SMILES string of the molecule is CCCC(I)=COc1nc(Cl)nc(Cl)n1. The summed E-state index contributed by atoms with van der Waals surface area (Å²) >= 11 is 13.3. The zero-order valence-corrected chi connectivity index (χ0v) is 11.5. The summed E-state index contributed by atoms with van der Waals surface area (Å²) in [6, 6.07) is 0.102. The Kier molecular flexibility index (Phi) is 5.55. The molecule has 0 aliphatic heterocycles. The first-order chi connectivity index (χ1) is 7.11. The van der Waals surface area contributed by atoms with Gasteiger partial charge in [0.05, 0.1) is 0 Å². The summed E-state index contributed by atoms with van der Waals surface area (Å²) in [5, 5.41) is 0.0350. The van der Waals surface area contributed by atoms with E-state index in [9.17, 15) is 0 Å². The molecule has 0 saturated carbocycles. The van der Waals surface area contributed by atoms with Crippen LogP contribution in [0.4, 0.5) is 0 Å². The van der Waals surface area contributed by atoms with Crippen LogP contribution in [0.1, 0.15) is 19.8 Å². The highest BCUT2D eigenvalue weighted by Crippen LogP contribution is 2.16. The molecule has 0 aliphatic carbocycles. The van der Waals surface area contributed by atoms with Crippen molar-refractivity contribution in [2.45, 2.75) is 19.8 Å². The first-order valence-electron chi connectivity index (χ1n) is 4.20. The van der Waals surface area contributed by atoms with Gasteiger partial charge in [-0.1, -0.05) is 13.3 Å². The highest BCUT2D eigenvalue weighted by atomic mass is 127. The minimum absolute atomic E-state index is 0.0175. The minimum Gasteiger partial charge on any atom is -0.431 e. The van der Waals surface area contributed by atoms with Crippen LogP contribution >= 0.6 is 45.8 Å². The van der Waals surface area contributed by atoms with Gasteiger partial charge in [-0.05, 0) is 52.2 Å². The van der Waals surface area contributed by atoms with E-state index in [0.29, 0.717) is 0 Å². The Morgan fingerprint density at radius 1 is 1.33 bits per heavy atom. The molecule has 0 N–H and O–H groups in total. The van der Waals surface area contributed by atoms with Crippen LogP contribution in [0.2, 0.25) is 10.6 Å². The van der Waals surface area contributed by atoms with Crippen molar-refractivity contribution in [3.8, 4) is 6.01 Å². The molecule has 1 aromatic heterocycles. The monoisotopic (exact) mass is 359 g/mol. The maximum atomic E-state index is 5.58. The number of rotatable bonds is 4. The van der Waals surface area contributed by atoms with Gasteiger partial charge in [0.15, 0.2) is 0 Å². The Balaban J connectivity index is 2.68. The lowest BCUT2D eigenvalue weighted by atomic mass is 10.3. The molecule has 0 aromatic carbocycles. The summed E-state index contributed by atoms with van der Waals surface area (Å²) in [5.41, 5.74) is 0. The highest BCUT2D eigenvalue weighted by molar-refractivity contribution is 14.1. The molecule has 0 amide bonds. The Hall–Kier alpha value is -0.140. The lowest BCUT2D eigenvalue weighted by Gasteiger charge is -2.00. The van der Waals surface area contributed by atoms with Crippen LogP contribution in [0.25, 0.3) is 0 Å². The van der Waals surface area contributed by atoms with E-state index in [2.05, 4.69) is 44.5 Å². The number of allylic oxidation sites excluding steroid dienone is 1. The minimum atomic E-state index is 0.0175. The molecular formula is C8H8Cl2IN3O. The van der Waals surface area contributed by atoms with E-state index in [1.54, 1.807) is 6.26 Å². The number of hydrogen-bond donors (Lipinski definition) is 0. The van der Waals surface area contributed by atoms with Crippen LogP contribution in [0, 0.1) is 0 Å². The number of ether oxygens (including phenoxy) is 1. The molecule has 0 bridgehead atoms. The smallest absolute Gasteiger partial charge is 0.327 e. The maximum Gasteiger partial charge on any atom is 0.327 e. The molecule has 0 spiro atoms. The summed E-state index contributed by atoms with van der Waals surface area (Å²) < 4.78 is 6.25. The van der Waals surface area contributed by atoms with E-state index in [-0.39, 0.29) is 16.6 Å². The summed E-state index contributed by atoms with van der Waals surface area (Å²) in [4.78, 5) is 11.1. The van der Waals surface area contributed by atoms with Gasteiger partial charge >= 0.3 is 6.01 Å². The predicted octanol–water partition coefficient (Wildman–Crippen LogP) is 3.63. The molecule has 15 heavy (non-hydrogen) atoms. The molecular weight excluding hydrogens is 352 g/mol. The van der Waals surface area contributed by atoms with Gasteiger partial charge in [-0.2, -0.15) is 15.0 Å². The standard InChI is InChI=1S/C8H8Cl2IN3O/c1-2-3-5(11)4-15-8-13-6(9)12-7(10)14-8/h4H,2-3H2,1H3. The first kappa shape index (κ1) is 12.9. The van der Waals surface area contributed by atoms with E-state index < -0.39 is 0 Å². The quantitative estimate of drug-likeness (QED) is 0.608. The maximum absolute atomic E-state index is 5.58. The molecule has 0 unspecified atom stereocenters. The van der Waals surface area contributed by atoms with E-state index in [0.717, 1.165) is 16.4 Å². The predicted molar refractivity (Wildman–Crippen MR) is 67.5 cm³/mol. The number of nitrogens with zero attached hydrogens (tertiary/aromatic N) is 3. The molecule has 1 heterocycles. The Bertz CT molecular complexity index is 353. The van der Waals surface area contributed by atoms with Crippen molar-refractivity contribution in [3.05, 3.63) is 20.4 Å². The molecule has 0 atom stereocenters. The topological polar surface area (TPSA) is 47.9 Å². The van der Waals surface area contributed by atoms with Gasteiger partial charge < -0.3 is 4.74 Å². The molecule has 7 heteroatoms. The van der Waals surface area contributed by atoms with Crippen LogP contribution in [0.15, 0.2) is 9.84 Å². The van der Waals surface area contributed by atoms with Crippen LogP contribution in [-0.2, 0) is 0 Å². The zero-order valence-electron chi connectivity index (χ0n) is 7.88. The van der Waals surface area contributed by atoms with Crippen molar-refractivity contribution in [2.24, 2.45) is 0 Å². The molecule has 0 saturated heterocycles. The molecule has 1 aromatic rings. The van der Waals surface area contributed by atoms with Gasteiger partial charge in [-0.3, -0.25) is 0 Å². The molecule has 0 aliphatic rings. The van der Waals surface area contributed by atoms with Crippen LogP contribution < -0.4 is 4.74 Å². The van der Waals surface area contributed by atoms with Crippen molar-refractivity contribution >= 4 is 45.8 Å². The van der Waals surface area contributed by atoms with Crippen molar-refractivity contribution < 1.29 is 4.74 Å². The van der Waals surface area contributed by atoms with Gasteiger partial charge in [0.1, 0.15) is 6.26 Å². The summed E-state index contributed by atoms with van der Waals surface area (Å²) in [7, 11) is 0. The van der Waals surface area contributed by atoms with Crippen molar-refractivity contribution in [2.75, 3.05) is 0 Å². The van der Waals surface area contributed by atoms with Crippen LogP contribution in [-0.4, -0.2) is 15.0 Å². The Morgan fingerprint density at radius 2 is 1.93 bits per heavy atom. The highest BCUT2D eigenvalue weighted by Gasteiger charge is 2.03. The molecule has 1 rings (SSSR count). The van der Waals surface area contributed by atoms with Crippen LogP contribution in [0.5, 0.6) is 6.01 Å². The van der Waals surface area contributed by atoms with E-state index >= 15 is 0 Å². The third-order valence-corrected chi connectivity index (χ3v) is 2.47. The lowest BCUT2D eigenvalue weighted by molar-refractivity contribution is 0.435. The number of aromatic nitrogens is 3. The largest absolute Gasteiger partial charge is 0.431 e. The number of halogens is 3. The van der Waals surface area contributed by atoms with E-state index in [1.807, 2.05) is 0 Å². The zero-order chi connectivity index (χ0) is 11.3. The van der Waals surface area contributed by atoms with Gasteiger partial charge in [-0.25, -0.2) is 0 Å². The Labute approximate surface area is 111 Å². The van der Waals surface area contributed by atoms with E-state index in [1.165, 1.54) is 0 Å². The third-order valence-electron chi connectivity index (χ3n) is 1.34. The second kappa shape index (κ2) is 6.44. The second-order valence-corrected chi connectivity index (χ2v) is 4.65. The van der Waals surface area contributed by atoms with Gasteiger partial charge in [0.2, 0.25) is 10.6 Å². The molecule has 0 radical (unpaired) electrons. The van der Waals surface area contributed by atoms with Crippen molar-refractivity contribution in [1.82, 2.24) is 15.0 Å². The normalized spacial score (nSPS) is 11.6. The third kappa shape index (κ3) is 4.94. The van der Waals surface area contributed by atoms with Gasteiger partial charge in [0.25, 0.3) is 0 Å². The number of hydrogen-bond acceptors (Lipinski definition) is 4. The van der Waals surface area contributed by atoms with Gasteiger partial charge in [-0.15, -0.1) is 0 Å². The molecule has 82 valence electrons. The fraction of sp³-hybridized carbons (Fsp3) is 0.375. The summed E-state index contributed by atoms with van der Waals surface area (Å²) in [6.07, 6.45) is 3.58. The fourth-order valence-electron chi connectivity index (χ4n) is 0.776. The summed E-state index contributed by atoms with van der Waals surface area (Å²) in [6.45, 7) is 2.09. The Morgan fingerprint density at radius 3 is 2.47 bits per heavy atom. The first-order valence-corrected chi connectivity index (χ1v) is 6.03. The average Bonchev–Trinajstić information content (AvgIpc) is 2.14. The van der Waals surface area contributed by atoms with E-state index in [4.69, 9.17) is 27.9 Å². The van der Waals surface area contributed by atoms with Gasteiger partial charge in [0, 0.05) is 3.58 Å².